The Morgan fingerprint density at radius 3 is 2.83 bits per heavy atom. The molecule has 0 N–H and O–H groups in total. The van der Waals surface area contributed by atoms with Gasteiger partial charge in [0.15, 0.2) is 0 Å². The summed E-state index contributed by atoms with van der Waals surface area (Å²) in [6.07, 6.45) is 0. The number of hydrogen-bond donors (Lipinski definition) is 0. The van der Waals surface area contributed by atoms with Crippen LogP contribution in [-0.2, 0) is 9.53 Å². The van der Waals surface area contributed by atoms with Gasteiger partial charge in [0.25, 0.3) is 0 Å². The van der Waals surface area contributed by atoms with E-state index in [4.69, 9.17) is 16.9 Å². The lowest BCUT2D eigenvalue weighted by Gasteiger charge is -2.23. The van der Waals surface area contributed by atoms with Crippen LogP contribution in [-0.4, -0.2) is 26.7 Å². The highest BCUT2D eigenvalue weighted by atomic mass is 35.5. The summed E-state index contributed by atoms with van der Waals surface area (Å²) in [5.74, 6) is -0.548. The average Bonchev–Trinajstić information content (AvgIpc) is 2.37. The molecule has 1 unspecified atom stereocenters. The predicted octanol–water partition coefficient (Wildman–Crippen LogP) is 2.46. The molecule has 0 fully saturated rings. The molecule has 1 aromatic rings. The highest BCUT2D eigenvalue weighted by molar-refractivity contribution is 6.30. The van der Waals surface area contributed by atoms with E-state index in [0.717, 1.165) is 0 Å². The molecule has 4 nitrogen and oxygen atoms in total. The van der Waals surface area contributed by atoms with E-state index in [-0.39, 0.29) is 11.9 Å². The third-order valence-electron chi connectivity index (χ3n) is 2.64. The number of rotatable bonds is 4. The highest BCUT2D eigenvalue weighted by Gasteiger charge is 2.17. The van der Waals surface area contributed by atoms with Gasteiger partial charge in [-0.25, -0.2) is 0 Å². The minimum atomic E-state index is -0.276. The molecule has 96 valence electrons. The summed E-state index contributed by atoms with van der Waals surface area (Å²) in [4.78, 5) is 13.2. The van der Waals surface area contributed by atoms with E-state index in [1.807, 2.05) is 11.9 Å². The van der Waals surface area contributed by atoms with Crippen LogP contribution in [0.4, 0.5) is 5.69 Å². The van der Waals surface area contributed by atoms with Gasteiger partial charge >= 0.3 is 5.97 Å². The molecule has 0 amide bonds. The minimum Gasteiger partial charge on any atom is -0.469 e. The maximum atomic E-state index is 11.4. The lowest BCUT2D eigenvalue weighted by Crippen LogP contribution is -2.29. The minimum absolute atomic E-state index is 0.273. The molecular formula is C13H15ClN2O2. The lowest BCUT2D eigenvalue weighted by molar-refractivity contribution is -0.144. The topological polar surface area (TPSA) is 53.3 Å². The van der Waals surface area contributed by atoms with Crippen molar-refractivity contribution in [2.45, 2.75) is 6.92 Å². The molecule has 0 aromatic heterocycles. The second kappa shape index (κ2) is 6.27. The average molecular weight is 267 g/mol. The van der Waals surface area contributed by atoms with Crippen molar-refractivity contribution < 1.29 is 9.53 Å². The van der Waals surface area contributed by atoms with Crippen molar-refractivity contribution in [2.75, 3.05) is 25.6 Å². The monoisotopic (exact) mass is 266 g/mol. The van der Waals surface area contributed by atoms with E-state index in [1.54, 1.807) is 25.1 Å². The molecule has 0 radical (unpaired) electrons. The molecule has 0 bridgehead atoms. The van der Waals surface area contributed by atoms with Crippen molar-refractivity contribution in [1.82, 2.24) is 0 Å². The number of benzene rings is 1. The smallest absolute Gasteiger partial charge is 0.310 e. The maximum absolute atomic E-state index is 11.4. The summed E-state index contributed by atoms with van der Waals surface area (Å²) < 4.78 is 4.67. The second-order valence-corrected chi connectivity index (χ2v) is 4.51. The Labute approximate surface area is 112 Å². The zero-order valence-corrected chi connectivity index (χ0v) is 11.4. The summed E-state index contributed by atoms with van der Waals surface area (Å²) in [7, 11) is 3.17. The Balaban J connectivity index is 2.90. The van der Waals surface area contributed by atoms with Gasteiger partial charge < -0.3 is 9.64 Å². The fourth-order valence-electron chi connectivity index (χ4n) is 1.70. The van der Waals surface area contributed by atoms with Crippen LogP contribution in [0.2, 0.25) is 5.02 Å². The number of carbonyl (C=O) groups is 1. The Morgan fingerprint density at radius 2 is 2.28 bits per heavy atom. The first-order valence-corrected chi connectivity index (χ1v) is 5.86. The first-order chi connectivity index (χ1) is 8.49. The van der Waals surface area contributed by atoms with Crippen LogP contribution in [0.5, 0.6) is 0 Å². The van der Waals surface area contributed by atoms with Crippen molar-refractivity contribution in [3.05, 3.63) is 28.8 Å². The standard InChI is InChI=1S/C13H15ClN2O2/c1-9(13(17)18-3)8-16(2)12-6-11(14)5-4-10(12)7-15/h4-6,9H,8H2,1-3H3. The van der Waals surface area contributed by atoms with Crippen LogP contribution in [0, 0.1) is 17.2 Å². The van der Waals surface area contributed by atoms with Crippen molar-refractivity contribution >= 4 is 23.3 Å². The largest absolute Gasteiger partial charge is 0.469 e. The maximum Gasteiger partial charge on any atom is 0.310 e. The van der Waals surface area contributed by atoms with E-state index in [1.165, 1.54) is 7.11 Å². The van der Waals surface area contributed by atoms with Gasteiger partial charge in [-0.2, -0.15) is 5.26 Å². The van der Waals surface area contributed by atoms with Gasteiger partial charge in [-0.3, -0.25) is 4.79 Å². The molecule has 18 heavy (non-hydrogen) atoms. The van der Waals surface area contributed by atoms with Crippen LogP contribution in [0.15, 0.2) is 18.2 Å². The van der Waals surface area contributed by atoms with Crippen molar-refractivity contribution in [2.24, 2.45) is 5.92 Å². The van der Waals surface area contributed by atoms with Crippen molar-refractivity contribution in [3.63, 3.8) is 0 Å². The Morgan fingerprint density at radius 1 is 1.61 bits per heavy atom. The molecule has 1 atom stereocenters. The van der Waals surface area contributed by atoms with Crippen LogP contribution in [0.1, 0.15) is 12.5 Å². The fraction of sp³-hybridized carbons (Fsp3) is 0.385. The molecule has 5 heteroatoms. The number of methoxy groups -OCH3 is 1. The number of nitriles is 1. The molecule has 0 aliphatic rings. The summed E-state index contributed by atoms with van der Waals surface area (Å²) in [5, 5.41) is 9.59. The fourth-order valence-corrected chi connectivity index (χ4v) is 1.87. The van der Waals surface area contributed by atoms with E-state index in [9.17, 15) is 4.79 Å². The third kappa shape index (κ3) is 3.38. The van der Waals surface area contributed by atoms with Gasteiger partial charge in [0.2, 0.25) is 0 Å². The van der Waals surface area contributed by atoms with Gasteiger partial charge in [0.1, 0.15) is 6.07 Å². The van der Waals surface area contributed by atoms with Gasteiger partial charge in [-0.1, -0.05) is 18.5 Å². The van der Waals surface area contributed by atoms with E-state index < -0.39 is 0 Å². The Hall–Kier alpha value is -1.73. The number of ether oxygens (including phenoxy) is 1. The Bertz CT molecular complexity index is 482. The molecular weight excluding hydrogens is 252 g/mol. The first kappa shape index (κ1) is 14.3. The van der Waals surface area contributed by atoms with Crippen molar-refractivity contribution in [3.8, 4) is 6.07 Å². The van der Waals surface area contributed by atoms with Gasteiger partial charge in [-0.05, 0) is 18.2 Å². The lowest BCUT2D eigenvalue weighted by atomic mass is 10.1. The van der Waals surface area contributed by atoms with Gasteiger partial charge in [0.05, 0.1) is 24.3 Å². The molecule has 0 aliphatic carbocycles. The van der Waals surface area contributed by atoms with Crippen LogP contribution in [0.3, 0.4) is 0 Å². The van der Waals surface area contributed by atoms with Crippen LogP contribution in [0.25, 0.3) is 0 Å². The highest BCUT2D eigenvalue weighted by Crippen LogP contribution is 2.24. The molecule has 0 aliphatic heterocycles. The molecule has 0 heterocycles. The summed E-state index contributed by atoms with van der Waals surface area (Å²) in [6, 6.07) is 7.15. The molecule has 0 saturated carbocycles. The van der Waals surface area contributed by atoms with E-state index >= 15 is 0 Å². The zero-order chi connectivity index (χ0) is 13.7. The van der Waals surface area contributed by atoms with Crippen LogP contribution >= 0.6 is 11.6 Å². The SMILES string of the molecule is COC(=O)C(C)CN(C)c1cc(Cl)ccc1C#N. The number of anilines is 1. The normalized spacial score (nSPS) is 11.5. The Kier molecular flexibility index (Phi) is 4.99. The third-order valence-corrected chi connectivity index (χ3v) is 2.88. The zero-order valence-electron chi connectivity index (χ0n) is 10.6. The number of hydrogen-bond acceptors (Lipinski definition) is 4. The number of esters is 1. The number of halogens is 1. The number of nitrogens with zero attached hydrogens (tertiary/aromatic N) is 2. The molecule has 0 saturated heterocycles. The van der Waals surface area contributed by atoms with Gasteiger partial charge in [0, 0.05) is 18.6 Å². The molecule has 1 aromatic carbocycles. The summed E-state index contributed by atoms with van der Waals surface area (Å²) in [6.45, 7) is 2.24. The number of carbonyl (C=O) groups excluding carboxylic acids is 1. The molecule has 1 rings (SSSR count). The predicted molar refractivity (Wildman–Crippen MR) is 70.6 cm³/mol. The van der Waals surface area contributed by atoms with E-state index in [0.29, 0.717) is 22.8 Å². The van der Waals surface area contributed by atoms with Crippen LogP contribution < -0.4 is 4.90 Å². The first-order valence-electron chi connectivity index (χ1n) is 5.48. The van der Waals surface area contributed by atoms with Crippen molar-refractivity contribution in [1.29, 1.82) is 5.26 Å². The van der Waals surface area contributed by atoms with E-state index in [2.05, 4.69) is 10.8 Å². The summed E-state index contributed by atoms with van der Waals surface area (Å²) >= 11 is 5.92. The summed E-state index contributed by atoms with van der Waals surface area (Å²) in [5.41, 5.74) is 1.24. The molecule has 0 spiro atoms. The second-order valence-electron chi connectivity index (χ2n) is 4.08. The quantitative estimate of drug-likeness (QED) is 0.786. The van der Waals surface area contributed by atoms with Gasteiger partial charge in [-0.15, -0.1) is 0 Å².